The Balaban J connectivity index is 1.89. The molecule has 5 nitrogen and oxygen atoms in total. The van der Waals surface area contributed by atoms with Crippen LogP contribution in [-0.4, -0.2) is 10.9 Å². The molecule has 110 valence electrons. The molecule has 0 saturated carbocycles. The topological polar surface area (TPSA) is 72.2 Å². The number of hydrogen-bond acceptors (Lipinski definition) is 4. The molecular weight excluding hydrogens is 280 g/mol. The van der Waals surface area contributed by atoms with Crippen molar-refractivity contribution in [2.45, 2.75) is 13.0 Å². The summed E-state index contributed by atoms with van der Waals surface area (Å²) in [5.41, 5.74) is 0.675. The van der Waals surface area contributed by atoms with E-state index >= 15 is 0 Å². The van der Waals surface area contributed by atoms with E-state index in [1.54, 1.807) is 42.7 Å². The zero-order chi connectivity index (χ0) is 15.5. The molecular formula is C17H14N2O3. The predicted molar refractivity (Wildman–Crippen MR) is 82.6 cm³/mol. The summed E-state index contributed by atoms with van der Waals surface area (Å²) < 4.78 is 5.17. The Hall–Kier alpha value is -2.95. The molecule has 2 aromatic heterocycles. The van der Waals surface area contributed by atoms with E-state index in [1.807, 2.05) is 19.1 Å². The van der Waals surface area contributed by atoms with Crippen molar-refractivity contribution in [2.75, 3.05) is 0 Å². The van der Waals surface area contributed by atoms with Crippen LogP contribution in [0.5, 0.6) is 0 Å². The van der Waals surface area contributed by atoms with Crippen LogP contribution in [0, 0.1) is 0 Å². The number of rotatable bonds is 3. The average molecular weight is 294 g/mol. The summed E-state index contributed by atoms with van der Waals surface area (Å²) >= 11 is 0. The predicted octanol–water partition coefficient (Wildman–Crippen LogP) is 2.68. The van der Waals surface area contributed by atoms with Gasteiger partial charge in [-0.1, -0.05) is 24.3 Å². The molecule has 2 heterocycles. The maximum Gasteiger partial charge on any atom is 0.349 e. The average Bonchev–Trinajstić information content (AvgIpc) is 2.54. The zero-order valence-electron chi connectivity index (χ0n) is 11.9. The van der Waals surface area contributed by atoms with E-state index in [9.17, 15) is 9.59 Å². The maximum absolute atomic E-state index is 12.3. The highest BCUT2D eigenvalue weighted by Crippen LogP contribution is 2.14. The smallest absolute Gasteiger partial charge is 0.349 e. The number of benzene rings is 1. The lowest BCUT2D eigenvalue weighted by atomic mass is 10.1. The molecule has 22 heavy (non-hydrogen) atoms. The van der Waals surface area contributed by atoms with Crippen molar-refractivity contribution >= 4 is 16.9 Å². The summed E-state index contributed by atoms with van der Waals surface area (Å²) in [7, 11) is 0. The lowest BCUT2D eigenvalue weighted by molar-refractivity contribution is 0.0936. The van der Waals surface area contributed by atoms with E-state index in [1.165, 1.54) is 0 Å². The third kappa shape index (κ3) is 2.74. The lowest BCUT2D eigenvalue weighted by Gasteiger charge is -2.13. The van der Waals surface area contributed by atoms with Crippen molar-refractivity contribution in [3.8, 4) is 0 Å². The molecule has 5 heteroatoms. The van der Waals surface area contributed by atoms with Gasteiger partial charge in [-0.15, -0.1) is 0 Å². The number of aromatic nitrogens is 1. The minimum atomic E-state index is -0.644. The lowest BCUT2D eigenvalue weighted by Crippen LogP contribution is -2.30. The monoisotopic (exact) mass is 294 g/mol. The van der Waals surface area contributed by atoms with E-state index < -0.39 is 11.5 Å². The molecule has 0 aliphatic carbocycles. The Kier molecular flexibility index (Phi) is 3.70. The fourth-order valence-corrected chi connectivity index (χ4v) is 2.21. The third-order valence-corrected chi connectivity index (χ3v) is 3.42. The summed E-state index contributed by atoms with van der Waals surface area (Å²) in [6.07, 6.45) is 3.34. The Labute approximate surface area is 126 Å². The molecule has 0 fully saturated rings. The summed E-state index contributed by atoms with van der Waals surface area (Å²) in [6, 6.07) is 12.0. The van der Waals surface area contributed by atoms with Gasteiger partial charge in [0.1, 0.15) is 11.1 Å². The number of nitrogens with one attached hydrogen (secondary N) is 1. The van der Waals surface area contributed by atoms with E-state index in [0.717, 1.165) is 5.56 Å². The van der Waals surface area contributed by atoms with Gasteiger partial charge in [-0.2, -0.15) is 0 Å². The van der Waals surface area contributed by atoms with Gasteiger partial charge in [0.2, 0.25) is 0 Å². The molecule has 3 rings (SSSR count). The van der Waals surface area contributed by atoms with Gasteiger partial charge in [-0.05, 0) is 30.7 Å². The molecule has 0 aliphatic rings. The largest absolute Gasteiger partial charge is 0.422 e. The zero-order valence-corrected chi connectivity index (χ0v) is 11.9. The summed E-state index contributed by atoms with van der Waals surface area (Å²) in [6.45, 7) is 1.83. The van der Waals surface area contributed by atoms with Crippen LogP contribution in [0.3, 0.4) is 0 Å². The van der Waals surface area contributed by atoms with E-state index in [-0.39, 0.29) is 11.6 Å². The highest BCUT2D eigenvalue weighted by Gasteiger charge is 2.16. The molecule has 1 N–H and O–H groups in total. The van der Waals surface area contributed by atoms with Crippen LogP contribution in [-0.2, 0) is 0 Å². The van der Waals surface area contributed by atoms with E-state index in [2.05, 4.69) is 10.3 Å². The Morgan fingerprint density at radius 3 is 2.82 bits per heavy atom. The number of hydrogen-bond donors (Lipinski definition) is 1. The number of carbonyl (C=O) groups is 1. The van der Waals surface area contributed by atoms with Crippen LogP contribution in [0.25, 0.3) is 11.0 Å². The normalized spacial score (nSPS) is 12.0. The highest BCUT2D eigenvalue weighted by molar-refractivity contribution is 5.96. The summed E-state index contributed by atoms with van der Waals surface area (Å²) in [4.78, 5) is 28.3. The van der Waals surface area contributed by atoms with Gasteiger partial charge < -0.3 is 9.73 Å². The van der Waals surface area contributed by atoms with Crippen LogP contribution in [0.4, 0.5) is 0 Å². The number of para-hydroxylation sites is 1. The number of pyridine rings is 1. The van der Waals surface area contributed by atoms with Crippen LogP contribution < -0.4 is 10.9 Å². The molecule has 0 bridgehead atoms. The van der Waals surface area contributed by atoms with Crippen LogP contribution in [0.15, 0.2) is 64.1 Å². The fraction of sp³-hybridized carbons (Fsp3) is 0.118. The standard InChI is InChI=1S/C17H14N2O3/c1-11(13-6-4-8-18-10-13)19-16(20)14-9-12-5-2-3-7-15(12)22-17(14)21/h2-11H,1H3,(H,19,20). The van der Waals surface area contributed by atoms with Crippen LogP contribution in [0.2, 0.25) is 0 Å². The Bertz CT molecular complexity index is 872. The first-order valence-electron chi connectivity index (χ1n) is 6.89. The van der Waals surface area contributed by atoms with Crippen molar-refractivity contribution in [2.24, 2.45) is 0 Å². The summed E-state index contributed by atoms with van der Waals surface area (Å²) in [5.74, 6) is -0.462. The van der Waals surface area contributed by atoms with Crippen molar-refractivity contribution in [3.63, 3.8) is 0 Å². The van der Waals surface area contributed by atoms with Crippen LogP contribution >= 0.6 is 0 Å². The van der Waals surface area contributed by atoms with Gasteiger partial charge in [-0.3, -0.25) is 9.78 Å². The van der Waals surface area contributed by atoms with Gasteiger partial charge in [0.15, 0.2) is 0 Å². The fourth-order valence-electron chi connectivity index (χ4n) is 2.21. The Morgan fingerprint density at radius 1 is 1.23 bits per heavy atom. The second-order valence-electron chi connectivity index (χ2n) is 4.97. The van der Waals surface area contributed by atoms with Gasteiger partial charge in [-0.25, -0.2) is 4.79 Å². The van der Waals surface area contributed by atoms with Crippen molar-refractivity contribution in [1.29, 1.82) is 0 Å². The quantitative estimate of drug-likeness (QED) is 0.754. The minimum absolute atomic E-state index is 0.00515. The first-order valence-corrected chi connectivity index (χ1v) is 6.89. The number of fused-ring (bicyclic) bond motifs is 1. The van der Waals surface area contributed by atoms with Crippen molar-refractivity contribution in [3.05, 3.63) is 76.4 Å². The highest BCUT2D eigenvalue weighted by atomic mass is 16.4. The van der Waals surface area contributed by atoms with Crippen molar-refractivity contribution in [1.82, 2.24) is 10.3 Å². The molecule has 1 aromatic carbocycles. The molecule has 0 spiro atoms. The number of carbonyl (C=O) groups excluding carboxylic acids is 1. The maximum atomic E-state index is 12.3. The first kappa shape index (κ1) is 14.0. The minimum Gasteiger partial charge on any atom is -0.422 e. The van der Waals surface area contributed by atoms with E-state index in [0.29, 0.717) is 11.0 Å². The van der Waals surface area contributed by atoms with Crippen LogP contribution in [0.1, 0.15) is 28.9 Å². The van der Waals surface area contributed by atoms with Gasteiger partial charge in [0.05, 0.1) is 6.04 Å². The number of nitrogens with zero attached hydrogens (tertiary/aromatic N) is 1. The summed E-state index contributed by atoms with van der Waals surface area (Å²) in [5, 5.41) is 3.49. The molecule has 1 amide bonds. The number of amides is 1. The Morgan fingerprint density at radius 2 is 2.05 bits per heavy atom. The van der Waals surface area contributed by atoms with E-state index in [4.69, 9.17) is 4.42 Å². The molecule has 0 radical (unpaired) electrons. The second-order valence-corrected chi connectivity index (χ2v) is 4.97. The van der Waals surface area contributed by atoms with Gasteiger partial charge in [0, 0.05) is 17.8 Å². The molecule has 0 aliphatic heterocycles. The molecule has 3 aromatic rings. The third-order valence-electron chi connectivity index (χ3n) is 3.42. The SMILES string of the molecule is CC(NC(=O)c1cc2ccccc2oc1=O)c1cccnc1. The second kappa shape index (κ2) is 5.81. The molecule has 1 unspecified atom stereocenters. The molecule has 1 atom stereocenters. The van der Waals surface area contributed by atoms with Gasteiger partial charge in [0.25, 0.3) is 5.91 Å². The van der Waals surface area contributed by atoms with Crippen molar-refractivity contribution < 1.29 is 9.21 Å². The molecule has 0 saturated heterocycles. The first-order chi connectivity index (χ1) is 10.6. The van der Waals surface area contributed by atoms with Gasteiger partial charge >= 0.3 is 5.63 Å².